The molecule has 0 amide bonds. The van der Waals surface area contributed by atoms with Crippen molar-refractivity contribution >= 4 is 16.5 Å². The first-order valence-corrected chi connectivity index (χ1v) is 5.51. The summed E-state index contributed by atoms with van der Waals surface area (Å²) in [7, 11) is 0. The van der Waals surface area contributed by atoms with Gasteiger partial charge in [-0.1, -0.05) is 18.3 Å². The Hall–Kier alpha value is -0.650. The Morgan fingerprint density at radius 3 is 2.93 bits per heavy atom. The molecule has 1 fully saturated rings. The minimum absolute atomic E-state index is 0.0453. The number of hydrogen-bond acceptors (Lipinski definition) is 5. The van der Waals surface area contributed by atoms with Gasteiger partial charge < -0.3 is 15.1 Å². The standard InChI is InChI=1S/C9H14N2O2S/c1-6-3-11(4-8(6)13)9-10-2-7(5-12)14-9/h2,6,8,12-13H,3-5H2,1H3. The van der Waals surface area contributed by atoms with E-state index in [4.69, 9.17) is 5.11 Å². The van der Waals surface area contributed by atoms with Crippen LogP contribution in [0.4, 0.5) is 5.13 Å². The molecule has 2 atom stereocenters. The van der Waals surface area contributed by atoms with Gasteiger partial charge in [0.15, 0.2) is 5.13 Å². The number of nitrogens with zero attached hydrogens (tertiary/aromatic N) is 2. The van der Waals surface area contributed by atoms with Crippen molar-refractivity contribution in [1.82, 2.24) is 4.98 Å². The van der Waals surface area contributed by atoms with Crippen molar-refractivity contribution < 1.29 is 10.2 Å². The van der Waals surface area contributed by atoms with E-state index < -0.39 is 0 Å². The molecule has 0 spiro atoms. The lowest BCUT2D eigenvalue weighted by molar-refractivity contribution is 0.157. The van der Waals surface area contributed by atoms with Crippen LogP contribution >= 0.6 is 11.3 Å². The van der Waals surface area contributed by atoms with Crippen LogP contribution in [0.5, 0.6) is 0 Å². The van der Waals surface area contributed by atoms with Crippen molar-refractivity contribution in [1.29, 1.82) is 0 Å². The molecule has 14 heavy (non-hydrogen) atoms. The summed E-state index contributed by atoms with van der Waals surface area (Å²) in [6.45, 7) is 3.58. The molecule has 2 unspecified atom stereocenters. The van der Waals surface area contributed by atoms with Gasteiger partial charge in [-0.2, -0.15) is 0 Å². The summed E-state index contributed by atoms with van der Waals surface area (Å²) < 4.78 is 0. The topological polar surface area (TPSA) is 56.6 Å². The van der Waals surface area contributed by atoms with E-state index in [9.17, 15) is 5.11 Å². The number of aliphatic hydroxyl groups excluding tert-OH is 2. The van der Waals surface area contributed by atoms with Gasteiger partial charge in [0.1, 0.15) is 0 Å². The zero-order valence-corrected chi connectivity index (χ0v) is 8.87. The van der Waals surface area contributed by atoms with E-state index in [0.717, 1.165) is 16.6 Å². The zero-order valence-electron chi connectivity index (χ0n) is 8.05. The number of β-amino-alcohol motifs (C(OH)–C–C–N with tert-alkyl or cyclic N) is 1. The Morgan fingerprint density at radius 2 is 2.43 bits per heavy atom. The summed E-state index contributed by atoms with van der Waals surface area (Å²) in [5.74, 6) is 0.302. The Morgan fingerprint density at radius 1 is 1.64 bits per heavy atom. The molecule has 0 radical (unpaired) electrons. The minimum Gasteiger partial charge on any atom is -0.391 e. The van der Waals surface area contributed by atoms with E-state index >= 15 is 0 Å². The van der Waals surface area contributed by atoms with E-state index in [-0.39, 0.29) is 12.7 Å². The second kappa shape index (κ2) is 3.84. The lowest BCUT2D eigenvalue weighted by Crippen LogP contribution is -2.20. The molecule has 2 heterocycles. The van der Waals surface area contributed by atoms with Crippen molar-refractivity contribution in [2.45, 2.75) is 19.6 Å². The summed E-state index contributed by atoms with van der Waals surface area (Å²) in [5.41, 5.74) is 0. The molecule has 0 aromatic carbocycles. The molecule has 5 heteroatoms. The summed E-state index contributed by atoms with van der Waals surface area (Å²) in [4.78, 5) is 7.15. The number of thiazole rings is 1. The van der Waals surface area contributed by atoms with Crippen molar-refractivity contribution in [3.63, 3.8) is 0 Å². The lowest BCUT2D eigenvalue weighted by atomic mass is 10.1. The normalized spacial score (nSPS) is 27.2. The molecule has 1 aliphatic rings. The average Bonchev–Trinajstić information content (AvgIpc) is 2.74. The quantitative estimate of drug-likeness (QED) is 0.750. The Balaban J connectivity index is 2.09. The Labute approximate surface area is 86.8 Å². The number of rotatable bonds is 2. The molecule has 0 aliphatic carbocycles. The first-order valence-electron chi connectivity index (χ1n) is 4.69. The van der Waals surface area contributed by atoms with Gasteiger partial charge >= 0.3 is 0 Å². The van der Waals surface area contributed by atoms with Crippen LogP contribution in [0.1, 0.15) is 11.8 Å². The molecule has 1 aliphatic heterocycles. The van der Waals surface area contributed by atoms with Gasteiger partial charge in [-0.15, -0.1) is 0 Å². The van der Waals surface area contributed by atoms with Crippen molar-refractivity contribution in [3.05, 3.63) is 11.1 Å². The molecule has 4 nitrogen and oxygen atoms in total. The van der Waals surface area contributed by atoms with Crippen LogP contribution in [0.25, 0.3) is 0 Å². The van der Waals surface area contributed by atoms with Gasteiger partial charge in [-0.3, -0.25) is 0 Å². The van der Waals surface area contributed by atoms with Crippen LogP contribution in [0, 0.1) is 5.92 Å². The fourth-order valence-electron chi connectivity index (χ4n) is 1.62. The molecule has 1 aromatic rings. The Kier molecular flexibility index (Phi) is 2.71. The molecular weight excluding hydrogens is 200 g/mol. The monoisotopic (exact) mass is 214 g/mol. The van der Waals surface area contributed by atoms with Gasteiger partial charge in [0.25, 0.3) is 0 Å². The average molecular weight is 214 g/mol. The second-order valence-corrected chi connectivity index (χ2v) is 4.81. The van der Waals surface area contributed by atoms with E-state index in [0.29, 0.717) is 12.5 Å². The van der Waals surface area contributed by atoms with Crippen molar-refractivity contribution in [2.75, 3.05) is 18.0 Å². The van der Waals surface area contributed by atoms with Crippen molar-refractivity contribution in [3.8, 4) is 0 Å². The van der Waals surface area contributed by atoms with Crippen LogP contribution < -0.4 is 4.90 Å². The third kappa shape index (κ3) is 1.75. The smallest absolute Gasteiger partial charge is 0.185 e. The molecular formula is C9H14N2O2S. The fraction of sp³-hybridized carbons (Fsp3) is 0.667. The van der Waals surface area contributed by atoms with Crippen LogP contribution in [0.15, 0.2) is 6.20 Å². The molecule has 0 saturated carbocycles. The highest BCUT2D eigenvalue weighted by Crippen LogP contribution is 2.27. The highest BCUT2D eigenvalue weighted by molar-refractivity contribution is 7.15. The number of aromatic nitrogens is 1. The molecule has 0 bridgehead atoms. The maximum atomic E-state index is 9.58. The first kappa shape index (κ1) is 9.89. The van der Waals surface area contributed by atoms with Crippen LogP contribution in [0.2, 0.25) is 0 Å². The van der Waals surface area contributed by atoms with Gasteiger partial charge in [0.2, 0.25) is 0 Å². The third-order valence-electron chi connectivity index (χ3n) is 2.54. The second-order valence-electron chi connectivity index (χ2n) is 3.72. The predicted molar refractivity (Wildman–Crippen MR) is 55.4 cm³/mol. The molecule has 78 valence electrons. The van der Waals surface area contributed by atoms with Crippen molar-refractivity contribution in [2.24, 2.45) is 5.92 Å². The molecule has 1 aromatic heterocycles. The predicted octanol–water partition coefficient (Wildman–Crippen LogP) is 0.452. The van der Waals surface area contributed by atoms with Gasteiger partial charge in [0, 0.05) is 25.2 Å². The molecule has 1 saturated heterocycles. The summed E-state index contributed by atoms with van der Waals surface area (Å²) >= 11 is 1.49. The number of aliphatic hydroxyl groups is 2. The summed E-state index contributed by atoms with van der Waals surface area (Å²) in [5, 5.41) is 19.4. The minimum atomic E-state index is -0.253. The SMILES string of the molecule is CC1CN(c2ncc(CO)s2)CC1O. The Bertz CT molecular complexity index is 306. The molecule has 2 N–H and O–H groups in total. The van der Waals surface area contributed by atoms with Gasteiger partial charge in [0.05, 0.1) is 17.6 Å². The highest BCUT2D eigenvalue weighted by atomic mass is 32.1. The van der Waals surface area contributed by atoms with E-state index in [1.54, 1.807) is 6.20 Å². The van der Waals surface area contributed by atoms with Gasteiger partial charge in [-0.05, 0) is 0 Å². The van der Waals surface area contributed by atoms with Gasteiger partial charge in [-0.25, -0.2) is 4.98 Å². The van der Waals surface area contributed by atoms with E-state index in [1.165, 1.54) is 11.3 Å². The largest absolute Gasteiger partial charge is 0.391 e. The van der Waals surface area contributed by atoms with Crippen LogP contribution in [-0.4, -0.2) is 34.4 Å². The first-order chi connectivity index (χ1) is 6.70. The molecule has 2 rings (SSSR count). The third-order valence-corrected chi connectivity index (χ3v) is 3.58. The maximum absolute atomic E-state index is 9.58. The number of anilines is 1. The van der Waals surface area contributed by atoms with Crippen LogP contribution in [0.3, 0.4) is 0 Å². The van der Waals surface area contributed by atoms with E-state index in [2.05, 4.69) is 9.88 Å². The fourth-order valence-corrected chi connectivity index (χ4v) is 2.41. The zero-order chi connectivity index (χ0) is 10.1. The van der Waals surface area contributed by atoms with Crippen LogP contribution in [-0.2, 0) is 6.61 Å². The maximum Gasteiger partial charge on any atom is 0.185 e. The summed E-state index contributed by atoms with van der Waals surface area (Å²) in [6, 6.07) is 0. The lowest BCUT2D eigenvalue weighted by Gasteiger charge is -2.12. The summed E-state index contributed by atoms with van der Waals surface area (Å²) in [6.07, 6.45) is 1.44. The highest BCUT2D eigenvalue weighted by Gasteiger charge is 2.29. The number of hydrogen-bond donors (Lipinski definition) is 2. The van der Waals surface area contributed by atoms with E-state index in [1.807, 2.05) is 6.92 Å².